The number of fused-ring (bicyclic) bond motifs is 1. The first-order chi connectivity index (χ1) is 9.49. The Hall–Kier alpha value is -2.24. The maximum atomic E-state index is 13.7. The molecule has 2 aromatic rings. The molecular weight excluding hydrogens is 264 g/mol. The summed E-state index contributed by atoms with van der Waals surface area (Å²) in [6.07, 6.45) is 0. The van der Waals surface area contributed by atoms with E-state index in [1.165, 1.54) is 13.0 Å². The van der Waals surface area contributed by atoms with Gasteiger partial charge in [0.25, 0.3) is 0 Å². The van der Waals surface area contributed by atoms with Crippen LogP contribution in [0.4, 0.5) is 14.5 Å². The molecule has 1 amide bonds. The molecule has 1 aromatic carbocycles. The van der Waals surface area contributed by atoms with Crippen molar-refractivity contribution in [3.63, 3.8) is 0 Å². The Labute approximate surface area is 115 Å². The zero-order valence-electron chi connectivity index (χ0n) is 11.3. The quantitative estimate of drug-likeness (QED) is 0.845. The summed E-state index contributed by atoms with van der Waals surface area (Å²) >= 11 is 0. The van der Waals surface area contributed by atoms with Gasteiger partial charge in [-0.25, -0.2) is 13.8 Å². The van der Waals surface area contributed by atoms with Crippen LogP contribution in [0.25, 0.3) is 10.9 Å². The van der Waals surface area contributed by atoms with E-state index in [1.807, 2.05) is 0 Å². The summed E-state index contributed by atoms with van der Waals surface area (Å²) < 4.78 is 27.0. The van der Waals surface area contributed by atoms with Gasteiger partial charge < -0.3 is 10.6 Å². The fraction of sp³-hybridized carbons (Fsp3) is 0.286. The van der Waals surface area contributed by atoms with E-state index in [-0.39, 0.29) is 11.4 Å². The van der Waals surface area contributed by atoms with E-state index < -0.39 is 11.6 Å². The number of aryl methyl sites for hydroxylation is 1. The van der Waals surface area contributed by atoms with Crippen LogP contribution in [0.15, 0.2) is 18.2 Å². The highest BCUT2D eigenvalue weighted by atomic mass is 19.2. The van der Waals surface area contributed by atoms with Crippen LogP contribution in [0.2, 0.25) is 0 Å². The monoisotopic (exact) mass is 279 g/mol. The van der Waals surface area contributed by atoms with Gasteiger partial charge in [0.2, 0.25) is 5.91 Å². The molecule has 20 heavy (non-hydrogen) atoms. The number of carbonyl (C=O) groups excluding carboxylic acids is 1. The molecule has 0 unspecified atom stereocenters. The fourth-order valence-electron chi connectivity index (χ4n) is 1.94. The average Bonchev–Trinajstić information content (AvgIpc) is 2.39. The molecule has 2 N–H and O–H groups in total. The Kier molecular flexibility index (Phi) is 4.12. The Bertz CT molecular complexity index is 658. The molecular formula is C14H15F2N3O. The predicted molar refractivity (Wildman–Crippen MR) is 73.6 cm³/mol. The van der Waals surface area contributed by atoms with E-state index in [1.54, 1.807) is 13.0 Å². The first-order valence-electron chi connectivity index (χ1n) is 6.22. The first kappa shape index (κ1) is 14.2. The smallest absolute Gasteiger partial charge is 0.216 e. The van der Waals surface area contributed by atoms with Crippen LogP contribution in [0, 0.1) is 18.6 Å². The van der Waals surface area contributed by atoms with E-state index in [0.717, 1.165) is 6.07 Å². The molecule has 106 valence electrons. The number of aromatic nitrogens is 1. The molecule has 0 spiro atoms. The highest BCUT2D eigenvalue weighted by Crippen LogP contribution is 2.26. The largest absolute Gasteiger partial charge is 0.383 e. The number of halogens is 2. The van der Waals surface area contributed by atoms with E-state index in [9.17, 15) is 13.6 Å². The van der Waals surface area contributed by atoms with Gasteiger partial charge in [-0.2, -0.15) is 0 Å². The molecule has 0 aliphatic heterocycles. The summed E-state index contributed by atoms with van der Waals surface area (Å²) in [6.45, 7) is 4.08. The maximum Gasteiger partial charge on any atom is 0.216 e. The summed E-state index contributed by atoms with van der Waals surface area (Å²) in [7, 11) is 0. The molecule has 0 saturated carbocycles. The van der Waals surface area contributed by atoms with Gasteiger partial charge in [-0.1, -0.05) is 0 Å². The molecule has 6 heteroatoms. The van der Waals surface area contributed by atoms with Crippen molar-refractivity contribution in [3.8, 4) is 0 Å². The zero-order chi connectivity index (χ0) is 14.7. The number of pyridine rings is 1. The van der Waals surface area contributed by atoms with Gasteiger partial charge >= 0.3 is 0 Å². The van der Waals surface area contributed by atoms with Gasteiger partial charge in [-0.15, -0.1) is 0 Å². The van der Waals surface area contributed by atoms with Crippen molar-refractivity contribution >= 4 is 22.5 Å². The van der Waals surface area contributed by atoms with Crippen molar-refractivity contribution in [2.45, 2.75) is 13.8 Å². The molecule has 0 aliphatic rings. The van der Waals surface area contributed by atoms with Crippen LogP contribution < -0.4 is 10.6 Å². The summed E-state index contributed by atoms with van der Waals surface area (Å²) in [6, 6.07) is 4.32. The first-order valence-corrected chi connectivity index (χ1v) is 6.22. The van der Waals surface area contributed by atoms with Crippen LogP contribution in [0.1, 0.15) is 12.6 Å². The lowest BCUT2D eigenvalue weighted by atomic mass is 10.1. The van der Waals surface area contributed by atoms with Gasteiger partial charge in [-0.05, 0) is 25.1 Å². The number of hydrogen-bond acceptors (Lipinski definition) is 3. The van der Waals surface area contributed by atoms with E-state index in [4.69, 9.17) is 0 Å². The van der Waals surface area contributed by atoms with Crippen LogP contribution >= 0.6 is 0 Å². The molecule has 0 saturated heterocycles. The molecule has 0 radical (unpaired) electrons. The lowest BCUT2D eigenvalue weighted by Gasteiger charge is -2.11. The number of benzene rings is 1. The van der Waals surface area contributed by atoms with E-state index in [0.29, 0.717) is 29.9 Å². The molecule has 0 fully saturated rings. The topological polar surface area (TPSA) is 54.0 Å². The third-order valence-electron chi connectivity index (χ3n) is 2.81. The maximum absolute atomic E-state index is 13.7. The summed E-state index contributed by atoms with van der Waals surface area (Å²) in [4.78, 5) is 14.8. The molecule has 1 aromatic heterocycles. The Morgan fingerprint density at radius 3 is 2.75 bits per heavy atom. The summed E-state index contributed by atoms with van der Waals surface area (Å²) in [5.41, 5.74) is 1.26. The molecule has 4 nitrogen and oxygen atoms in total. The minimum atomic E-state index is -0.948. The minimum absolute atomic E-state index is 0.00651. The van der Waals surface area contributed by atoms with Crippen molar-refractivity contribution in [2.24, 2.45) is 0 Å². The number of anilines is 1. The van der Waals surface area contributed by atoms with Gasteiger partial charge in [-0.3, -0.25) is 4.79 Å². The molecule has 0 bridgehead atoms. The lowest BCUT2D eigenvalue weighted by Crippen LogP contribution is -2.26. The second kappa shape index (κ2) is 5.81. The number of nitrogens with zero attached hydrogens (tertiary/aromatic N) is 1. The molecule has 0 atom stereocenters. The van der Waals surface area contributed by atoms with Crippen molar-refractivity contribution < 1.29 is 13.6 Å². The third-order valence-corrected chi connectivity index (χ3v) is 2.81. The highest BCUT2D eigenvalue weighted by Gasteiger charge is 2.12. The van der Waals surface area contributed by atoms with Crippen LogP contribution in [0.3, 0.4) is 0 Å². The molecule has 0 aliphatic carbocycles. The van der Waals surface area contributed by atoms with Gasteiger partial charge in [0, 0.05) is 36.8 Å². The SMILES string of the molecule is CC(=O)NCCNc1cc(C)nc2c(F)c(F)ccc12. The third kappa shape index (κ3) is 3.01. The Morgan fingerprint density at radius 2 is 2.05 bits per heavy atom. The second-order valence-corrected chi connectivity index (χ2v) is 4.48. The number of amides is 1. The zero-order valence-corrected chi connectivity index (χ0v) is 11.3. The van der Waals surface area contributed by atoms with Crippen molar-refractivity contribution in [1.29, 1.82) is 0 Å². The fourth-order valence-corrected chi connectivity index (χ4v) is 1.94. The van der Waals surface area contributed by atoms with E-state index >= 15 is 0 Å². The van der Waals surface area contributed by atoms with Crippen molar-refractivity contribution in [2.75, 3.05) is 18.4 Å². The number of carbonyl (C=O) groups is 1. The van der Waals surface area contributed by atoms with Crippen molar-refractivity contribution in [3.05, 3.63) is 35.5 Å². The van der Waals surface area contributed by atoms with E-state index in [2.05, 4.69) is 15.6 Å². The van der Waals surface area contributed by atoms with Crippen LogP contribution in [-0.4, -0.2) is 24.0 Å². The number of rotatable bonds is 4. The average molecular weight is 279 g/mol. The summed E-state index contributed by atoms with van der Waals surface area (Å²) in [5, 5.41) is 6.25. The van der Waals surface area contributed by atoms with Crippen LogP contribution in [-0.2, 0) is 4.79 Å². The van der Waals surface area contributed by atoms with Crippen molar-refractivity contribution in [1.82, 2.24) is 10.3 Å². The standard InChI is InChI=1S/C14H15F2N3O/c1-8-7-12(18-6-5-17-9(2)20)10-3-4-11(15)13(16)14(10)19-8/h3-4,7H,5-6H2,1-2H3,(H,17,20)(H,18,19). The second-order valence-electron chi connectivity index (χ2n) is 4.48. The van der Waals surface area contributed by atoms with Gasteiger partial charge in [0.1, 0.15) is 5.52 Å². The Balaban J connectivity index is 2.29. The Morgan fingerprint density at radius 1 is 1.30 bits per heavy atom. The molecule has 1 heterocycles. The van der Waals surface area contributed by atoms with Crippen LogP contribution in [0.5, 0.6) is 0 Å². The predicted octanol–water partition coefficient (Wildman–Crippen LogP) is 2.37. The number of nitrogens with one attached hydrogen (secondary N) is 2. The summed E-state index contributed by atoms with van der Waals surface area (Å²) in [5.74, 6) is -1.98. The minimum Gasteiger partial charge on any atom is -0.383 e. The van der Waals surface area contributed by atoms with Gasteiger partial charge in [0.15, 0.2) is 11.6 Å². The van der Waals surface area contributed by atoms with Gasteiger partial charge in [0.05, 0.1) is 0 Å². The number of hydrogen-bond donors (Lipinski definition) is 2. The lowest BCUT2D eigenvalue weighted by molar-refractivity contribution is -0.118. The normalized spacial score (nSPS) is 10.6. The molecule has 2 rings (SSSR count). The highest BCUT2D eigenvalue weighted by molar-refractivity contribution is 5.91.